The van der Waals surface area contributed by atoms with E-state index in [-0.39, 0.29) is 5.82 Å². The molecule has 0 unspecified atom stereocenters. The Balaban J connectivity index is 2.11. The van der Waals surface area contributed by atoms with Gasteiger partial charge in [-0.25, -0.2) is 14.4 Å². The zero-order valence-electron chi connectivity index (χ0n) is 8.66. The fourth-order valence-corrected chi connectivity index (χ4v) is 2.15. The Bertz CT molecular complexity index is 339. The minimum Gasteiger partial charge on any atom is -0.365 e. The number of thioether (sulfide) groups is 1. The fourth-order valence-electron chi connectivity index (χ4n) is 1.81. The number of nitrogens with one attached hydrogen (secondary N) is 1. The molecule has 15 heavy (non-hydrogen) atoms. The van der Waals surface area contributed by atoms with Gasteiger partial charge in [0.25, 0.3) is 0 Å². The van der Waals surface area contributed by atoms with Gasteiger partial charge in [0.05, 0.1) is 6.20 Å². The van der Waals surface area contributed by atoms with Crippen LogP contribution in [0.15, 0.2) is 11.4 Å². The summed E-state index contributed by atoms with van der Waals surface area (Å²) in [7, 11) is 0. The summed E-state index contributed by atoms with van der Waals surface area (Å²) in [5.74, 6) is -0.0130. The minimum atomic E-state index is -0.361. The van der Waals surface area contributed by atoms with Crippen LogP contribution in [0.1, 0.15) is 25.7 Å². The molecule has 1 aliphatic carbocycles. The molecule has 1 heterocycles. The maximum atomic E-state index is 13.4. The van der Waals surface area contributed by atoms with Crippen molar-refractivity contribution in [2.75, 3.05) is 11.6 Å². The third-order valence-electron chi connectivity index (χ3n) is 2.60. The lowest BCUT2D eigenvalue weighted by Gasteiger charge is -2.13. The van der Waals surface area contributed by atoms with Crippen molar-refractivity contribution in [3.05, 3.63) is 12.0 Å². The van der Waals surface area contributed by atoms with Gasteiger partial charge in [-0.05, 0) is 19.1 Å². The maximum Gasteiger partial charge on any atom is 0.189 e. The van der Waals surface area contributed by atoms with E-state index in [1.165, 1.54) is 30.8 Å². The molecule has 82 valence electrons. The largest absolute Gasteiger partial charge is 0.365 e. The van der Waals surface area contributed by atoms with Gasteiger partial charge in [0.2, 0.25) is 0 Å². The van der Waals surface area contributed by atoms with E-state index < -0.39 is 0 Å². The summed E-state index contributed by atoms with van der Waals surface area (Å²) in [5.41, 5.74) is 0. The van der Waals surface area contributed by atoms with Crippen LogP contribution in [0.4, 0.5) is 10.2 Å². The van der Waals surface area contributed by atoms with E-state index in [4.69, 9.17) is 0 Å². The number of hydrogen-bond donors (Lipinski definition) is 1. The van der Waals surface area contributed by atoms with Gasteiger partial charge in [-0.15, -0.1) is 0 Å². The van der Waals surface area contributed by atoms with E-state index in [0.29, 0.717) is 17.0 Å². The molecule has 0 amide bonds. The normalized spacial score (nSPS) is 16.9. The molecular weight excluding hydrogens is 213 g/mol. The average Bonchev–Trinajstić information content (AvgIpc) is 2.74. The van der Waals surface area contributed by atoms with E-state index in [2.05, 4.69) is 15.3 Å². The molecule has 0 aliphatic heterocycles. The Morgan fingerprint density at radius 3 is 2.87 bits per heavy atom. The quantitative estimate of drug-likeness (QED) is 0.636. The lowest BCUT2D eigenvalue weighted by molar-refractivity contribution is 0.602. The van der Waals surface area contributed by atoms with Crippen molar-refractivity contribution in [3.63, 3.8) is 0 Å². The van der Waals surface area contributed by atoms with Crippen molar-refractivity contribution < 1.29 is 4.39 Å². The zero-order valence-corrected chi connectivity index (χ0v) is 9.48. The first-order valence-electron chi connectivity index (χ1n) is 5.12. The smallest absolute Gasteiger partial charge is 0.189 e. The first kappa shape index (κ1) is 10.7. The predicted molar refractivity (Wildman–Crippen MR) is 59.6 cm³/mol. The Kier molecular flexibility index (Phi) is 3.41. The van der Waals surface area contributed by atoms with Crippen LogP contribution in [-0.4, -0.2) is 22.3 Å². The number of aromatic nitrogens is 2. The van der Waals surface area contributed by atoms with Crippen LogP contribution in [0.2, 0.25) is 0 Å². The summed E-state index contributed by atoms with van der Waals surface area (Å²) in [5, 5.41) is 3.75. The summed E-state index contributed by atoms with van der Waals surface area (Å²) in [4.78, 5) is 7.99. The number of hydrogen-bond acceptors (Lipinski definition) is 4. The van der Waals surface area contributed by atoms with Crippen LogP contribution in [0.3, 0.4) is 0 Å². The Morgan fingerprint density at radius 2 is 2.20 bits per heavy atom. The molecule has 0 spiro atoms. The van der Waals surface area contributed by atoms with Crippen LogP contribution in [0, 0.1) is 5.82 Å². The van der Waals surface area contributed by atoms with E-state index in [9.17, 15) is 4.39 Å². The summed E-state index contributed by atoms with van der Waals surface area (Å²) in [6.45, 7) is 0. The third kappa shape index (κ3) is 2.59. The highest BCUT2D eigenvalue weighted by Gasteiger charge is 2.17. The average molecular weight is 227 g/mol. The van der Waals surface area contributed by atoms with Gasteiger partial charge >= 0.3 is 0 Å². The van der Waals surface area contributed by atoms with E-state index in [1.807, 2.05) is 6.26 Å². The summed E-state index contributed by atoms with van der Waals surface area (Å²) < 4.78 is 13.4. The Morgan fingerprint density at radius 1 is 1.47 bits per heavy atom. The van der Waals surface area contributed by atoms with Gasteiger partial charge in [-0.3, -0.25) is 0 Å². The molecule has 0 atom stereocenters. The van der Waals surface area contributed by atoms with Gasteiger partial charge in [-0.1, -0.05) is 24.6 Å². The predicted octanol–water partition coefficient (Wildman–Crippen LogP) is 2.69. The van der Waals surface area contributed by atoms with Crippen molar-refractivity contribution in [3.8, 4) is 0 Å². The van der Waals surface area contributed by atoms with Crippen LogP contribution < -0.4 is 5.32 Å². The number of anilines is 1. The summed E-state index contributed by atoms with van der Waals surface area (Å²) >= 11 is 1.42. The van der Waals surface area contributed by atoms with Crippen LogP contribution in [0.5, 0.6) is 0 Å². The van der Waals surface area contributed by atoms with Crippen LogP contribution in [0.25, 0.3) is 0 Å². The highest BCUT2D eigenvalue weighted by Crippen LogP contribution is 2.23. The van der Waals surface area contributed by atoms with Gasteiger partial charge < -0.3 is 5.32 Å². The van der Waals surface area contributed by atoms with Crippen molar-refractivity contribution >= 4 is 17.6 Å². The van der Waals surface area contributed by atoms with Crippen molar-refractivity contribution in [1.82, 2.24) is 9.97 Å². The molecule has 0 radical (unpaired) electrons. The standard InChI is InChI=1S/C10H14FN3S/c1-15-10-12-6-8(11)9(14-10)13-7-4-2-3-5-7/h6-7H,2-5H2,1H3,(H,12,13,14). The second-order valence-electron chi connectivity index (χ2n) is 3.68. The Labute approximate surface area is 92.9 Å². The molecule has 0 bridgehead atoms. The van der Waals surface area contributed by atoms with Crippen molar-refractivity contribution in [1.29, 1.82) is 0 Å². The number of rotatable bonds is 3. The number of halogens is 1. The highest BCUT2D eigenvalue weighted by molar-refractivity contribution is 7.98. The van der Waals surface area contributed by atoms with Gasteiger partial charge in [0, 0.05) is 6.04 Å². The topological polar surface area (TPSA) is 37.8 Å². The second kappa shape index (κ2) is 4.79. The van der Waals surface area contributed by atoms with E-state index >= 15 is 0 Å². The molecule has 0 aromatic carbocycles. The first-order chi connectivity index (χ1) is 7.29. The molecule has 1 saturated carbocycles. The third-order valence-corrected chi connectivity index (χ3v) is 3.16. The molecule has 5 heteroatoms. The lowest BCUT2D eigenvalue weighted by atomic mass is 10.2. The maximum absolute atomic E-state index is 13.4. The summed E-state index contributed by atoms with van der Waals surface area (Å²) in [6, 6.07) is 0.379. The molecule has 1 aromatic heterocycles. The molecule has 3 nitrogen and oxygen atoms in total. The molecule has 1 fully saturated rings. The van der Waals surface area contributed by atoms with Crippen LogP contribution in [-0.2, 0) is 0 Å². The molecule has 2 rings (SSSR count). The fraction of sp³-hybridized carbons (Fsp3) is 0.600. The van der Waals surface area contributed by atoms with Gasteiger partial charge in [-0.2, -0.15) is 0 Å². The molecular formula is C10H14FN3S. The summed E-state index contributed by atoms with van der Waals surface area (Å²) in [6.07, 6.45) is 7.78. The SMILES string of the molecule is CSc1ncc(F)c(NC2CCCC2)n1. The lowest BCUT2D eigenvalue weighted by Crippen LogP contribution is -2.17. The Hall–Kier alpha value is -0.840. The molecule has 1 N–H and O–H groups in total. The molecule has 1 aliphatic rings. The van der Waals surface area contributed by atoms with Crippen molar-refractivity contribution in [2.45, 2.75) is 36.9 Å². The molecule has 0 saturated heterocycles. The highest BCUT2D eigenvalue weighted by atomic mass is 32.2. The van der Waals surface area contributed by atoms with E-state index in [1.54, 1.807) is 0 Å². The minimum absolute atomic E-state index is 0.348. The molecule has 1 aromatic rings. The van der Waals surface area contributed by atoms with Gasteiger partial charge in [0.1, 0.15) is 0 Å². The monoisotopic (exact) mass is 227 g/mol. The van der Waals surface area contributed by atoms with E-state index in [0.717, 1.165) is 12.8 Å². The second-order valence-corrected chi connectivity index (χ2v) is 4.45. The van der Waals surface area contributed by atoms with Crippen LogP contribution >= 0.6 is 11.8 Å². The zero-order chi connectivity index (χ0) is 10.7. The van der Waals surface area contributed by atoms with Gasteiger partial charge in [0.15, 0.2) is 16.8 Å². The first-order valence-corrected chi connectivity index (χ1v) is 6.35. The number of nitrogens with zero attached hydrogens (tertiary/aromatic N) is 2. The van der Waals surface area contributed by atoms with Crippen molar-refractivity contribution in [2.24, 2.45) is 0 Å².